The van der Waals surface area contributed by atoms with E-state index in [0.717, 1.165) is 22.7 Å². The number of aryl methyl sites for hydroxylation is 1. The van der Waals surface area contributed by atoms with Gasteiger partial charge in [-0.3, -0.25) is 0 Å². The molecule has 3 rings (SSSR count). The molecule has 0 bridgehead atoms. The molecule has 2 heterocycles. The number of sulfonamides is 1. The van der Waals surface area contributed by atoms with Gasteiger partial charge in [-0.1, -0.05) is 11.6 Å². The van der Waals surface area contributed by atoms with E-state index in [0.29, 0.717) is 24.0 Å². The van der Waals surface area contributed by atoms with E-state index < -0.39 is 10.0 Å². The predicted octanol–water partition coefficient (Wildman–Crippen LogP) is 2.65. The van der Waals surface area contributed by atoms with Gasteiger partial charge in [-0.25, -0.2) is 8.42 Å². The van der Waals surface area contributed by atoms with Gasteiger partial charge in [0.1, 0.15) is 0 Å². The molecule has 1 aliphatic heterocycles. The lowest BCUT2D eigenvalue weighted by Gasteiger charge is -2.24. The maximum Gasteiger partial charge on any atom is 0.244 e. The van der Waals surface area contributed by atoms with E-state index in [1.807, 2.05) is 19.1 Å². The summed E-state index contributed by atoms with van der Waals surface area (Å²) in [4.78, 5) is 2.50. The summed E-state index contributed by atoms with van der Waals surface area (Å²) in [5.41, 5.74) is 1.28. The third-order valence-corrected chi connectivity index (χ3v) is 7.25. The fraction of sp³-hybridized carbons (Fsp3) is 0.600. The van der Waals surface area contributed by atoms with Gasteiger partial charge in [-0.15, -0.1) is 11.3 Å². The van der Waals surface area contributed by atoms with E-state index in [4.69, 9.17) is 0 Å². The average molecular weight is 326 g/mol. The van der Waals surface area contributed by atoms with Crippen LogP contribution in [0.5, 0.6) is 0 Å². The molecule has 0 atom stereocenters. The molecule has 0 saturated heterocycles. The van der Waals surface area contributed by atoms with Crippen LogP contribution in [0, 0.1) is 6.92 Å². The van der Waals surface area contributed by atoms with Gasteiger partial charge in [-0.05, 0) is 39.2 Å². The molecule has 116 valence electrons. The highest BCUT2D eigenvalue weighted by Crippen LogP contribution is 2.30. The Balaban J connectivity index is 1.77. The summed E-state index contributed by atoms with van der Waals surface area (Å²) in [5, 5.41) is 3.44. The van der Waals surface area contributed by atoms with Gasteiger partial charge < -0.3 is 5.32 Å². The maximum atomic E-state index is 12.8. The fourth-order valence-electron chi connectivity index (χ4n) is 2.51. The molecule has 21 heavy (non-hydrogen) atoms. The molecule has 1 aliphatic carbocycles. The van der Waals surface area contributed by atoms with Gasteiger partial charge in [0.25, 0.3) is 0 Å². The molecule has 0 unspecified atom stereocenters. The molecule has 0 aromatic carbocycles. The summed E-state index contributed by atoms with van der Waals surface area (Å²) >= 11 is 1.59. The van der Waals surface area contributed by atoms with Crippen molar-refractivity contribution in [2.24, 2.45) is 0 Å². The number of rotatable bonds is 5. The highest BCUT2D eigenvalue weighted by molar-refractivity contribution is 7.89. The van der Waals surface area contributed by atoms with Crippen molar-refractivity contribution in [3.8, 4) is 0 Å². The van der Waals surface area contributed by atoms with E-state index in [9.17, 15) is 8.42 Å². The molecule has 0 spiro atoms. The molecule has 0 amide bonds. The van der Waals surface area contributed by atoms with Crippen LogP contribution in [0.1, 0.15) is 35.9 Å². The Morgan fingerprint density at radius 3 is 2.76 bits per heavy atom. The van der Waals surface area contributed by atoms with E-state index in [2.05, 4.69) is 12.2 Å². The Hall–Kier alpha value is -0.690. The van der Waals surface area contributed by atoms with Crippen molar-refractivity contribution in [3.63, 3.8) is 0 Å². The number of hydrogen-bond donors (Lipinski definition) is 1. The Kier molecular flexibility index (Phi) is 4.23. The van der Waals surface area contributed by atoms with Gasteiger partial charge in [0.05, 0.1) is 4.90 Å². The summed E-state index contributed by atoms with van der Waals surface area (Å²) in [7, 11) is -3.35. The van der Waals surface area contributed by atoms with Gasteiger partial charge in [0.2, 0.25) is 10.0 Å². The number of hydrogen-bond acceptors (Lipinski definition) is 4. The lowest BCUT2D eigenvalue weighted by atomic mass is 10.1. The summed E-state index contributed by atoms with van der Waals surface area (Å²) in [6.45, 7) is 5.84. The first-order valence-corrected chi connectivity index (χ1v) is 9.71. The minimum Gasteiger partial charge on any atom is -0.309 e. The zero-order valence-corrected chi connectivity index (χ0v) is 14.2. The fourth-order valence-corrected chi connectivity index (χ4v) is 5.44. The second kappa shape index (κ2) is 5.83. The first-order valence-electron chi connectivity index (χ1n) is 7.45. The van der Waals surface area contributed by atoms with Crippen LogP contribution in [-0.4, -0.2) is 31.9 Å². The third kappa shape index (κ3) is 3.39. The second-order valence-corrected chi connectivity index (χ2v) is 9.20. The van der Waals surface area contributed by atoms with E-state index in [1.54, 1.807) is 15.6 Å². The predicted molar refractivity (Wildman–Crippen MR) is 86.1 cm³/mol. The normalized spacial score (nSPS) is 20.6. The van der Waals surface area contributed by atoms with Crippen molar-refractivity contribution < 1.29 is 8.42 Å². The topological polar surface area (TPSA) is 49.4 Å². The lowest BCUT2D eigenvalue weighted by molar-refractivity contribution is 0.431. The molecule has 1 saturated carbocycles. The van der Waals surface area contributed by atoms with Crippen LogP contribution in [0.3, 0.4) is 0 Å². The van der Waals surface area contributed by atoms with Gasteiger partial charge in [0.15, 0.2) is 0 Å². The SMILES string of the molecule is CC1=CCN(S(=O)(=O)c2cc(CNC3CC3)sc2C)CC1. The van der Waals surface area contributed by atoms with Crippen molar-refractivity contribution in [2.75, 3.05) is 13.1 Å². The van der Waals surface area contributed by atoms with Crippen molar-refractivity contribution in [2.45, 2.75) is 50.6 Å². The Morgan fingerprint density at radius 1 is 1.38 bits per heavy atom. The molecule has 2 aliphatic rings. The molecular formula is C15H22N2O2S2. The average Bonchev–Trinajstić information content (AvgIpc) is 3.19. The van der Waals surface area contributed by atoms with Gasteiger partial charge >= 0.3 is 0 Å². The molecule has 1 N–H and O–H groups in total. The molecule has 0 radical (unpaired) electrons. The van der Waals surface area contributed by atoms with Crippen molar-refractivity contribution in [1.29, 1.82) is 0 Å². The number of nitrogens with one attached hydrogen (secondary N) is 1. The van der Waals surface area contributed by atoms with Gasteiger partial charge in [-0.2, -0.15) is 4.31 Å². The van der Waals surface area contributed by atoms with Crippen molar-refractivity contribution >= 4 is 21.4 Å². The Bertz CT molecular complexity index is 657. The van der Waals surface area contributed by atoms with Crippen LogP contribution in [0.15, 0.2) is 22.6 Å². The van der Waals surface area contributed by atoms with Crippen LogP contribution in [0.25, 0.3) is 0 Å². The minimum absolute atomic E-state index is 0.494. The summed E-state index contributed by atoms with van der Waals surface area (Å²) in [6, 6.07) is 2.50. The maximum absolute atomic E-state index is 12.8. The van der Waals surface area contributed by atoms with E-state index in [1.165, 1.54) is 18.4 Å². The number of thiophene rings is 1. The molecule has 4 nitrogen and oxygen atoms in total. The third-order valence-electron chi connectivity index (χ3n) is 4.08. The Labute approximate surface area is 130 Å². The Morgan fingerprint density at radius 2 is 2.14 bits per heavy atom. The summed E-state index contributed by atoms with van der Waals surface area (Å²) in [5.74, 6) is 0. The lowest BCUT2D eigenvalue weighted by Crippen LogP contribution is -2.34. The van der Waals surface area contributed by atoms with Crippen LogP contribution < -0.4 is 5.32 Å². The minimum atomic E-state index is -3.35. The van der Waals surface area contributed by atoms with Crippen LogP contribution in [0.2, 0.25) is 0 Å². The molecular weight excluding hydrogens is 304 g/mol. The molecule has 1 aromatic heterocycles. The smallest absolute Gasteiger partial charge is 0.244 e. The standard InChI is InChI=1S/C15H22N2O2S2/c1-11-5-7-17(8-6-11)21(18,19)15-9-14(20-12(15)2)10-16-13-3-4-13/h5,9,13,16H,3-4,6-8,10H2,1-2H3. The molecule has 1 aromatic rings. The summed E-state index contributed by atoms with van der Waals surface area (Å²) < 4.78 is 27.1. The highest BCUT2D eigenvalue weighted by atomic mass is 32.2. The quantitative estimate of drug-likeness (QED) is 0.846. The zero-order valence-electron chi connectivity index (χ0n) is 12.6. The number of nitrogens with zero attached hydrogens (tertiary/aromatic N) is 1. The van der Waals surface area contributed by atoms with Crippen LogP contribution in [0.4, 0.5) is 0 Å². The van der Waals surface area contributed by atoms with Crippen LogP contribution in [-0.2, 0) is 16.6 Å². The molecule has 6 heteroatoms. The van der Waals surface area contributed by atoms with Crippen LogP contribution >= 0.6 is 11.3 Å². The first kappa shape index (κ1) is 15.2. The van der Waals surface area contributed by atoms with Crippen molar-refractivity contribution in [3.05, 3.63) is 27.5 Å². The highest BCUT2D eigenvalue weighted by Gasteiger charge is 2.28. The van der Waals surface area contributed by atoms with Crippen molar-refractivity contribution in [1.82, 2.24) is 9.62 Å². The zero-order chi connectivity index (χ0) is 15.0. The molecule has 1 fully saturated rings. The van der Waals surface area contributed by atoms with E-state index >= 15 is 0 Å². The largest absolute Gasteiger partial charge is 0.309 e. The van der Waals surface area contributed by atoms with E-state index in [-0.39, 0.29) is 0 Å². The summed E-state index contributed by atoms with van der Waals surface area (Å²) in [6.07, 6.45) is 5.33. The van der Waals surface area contributed by atoms with Gasteiger partial charge in [0, 0.05) is 35.4 Å². The first-order chi connectivity index (χ1) is 9.96. The monoisotopic (exact) mass is 326 g/mol. The second-order valence-electron chi connectivity index (χ2n) is 5.95.